The molecule has 1 heterocycles. The number of nitrogens with two attached hydrogens (primary N) is 1. The number of ether oxygens (including phenoxy) is 2. The molecule has 2 aromatic rings. The quantitative estimate of drug-likeness (QED) is 0.610. The average molecular weight is 368 g/mol. The highest BCUT2D eigenvalue weighted by Crippen LogP contribution is 2.30. The molecule has 138 valence electrons. The summed E-state index contributed by atoms with van der Waals surface area (Å²) >= 11 is 0. The van der Waals surface area contributed by atoms with E-state index in [-0.39, 0.29) is 16.7 Å². The highest BCUT2D eigenvalue weighted by atomic mass is 16.5. The molecule has 0 bridgehead atoms. The summed E-state index contributed by atoms with van der Waals surface area (Å²) in [6.07, 6.45) is 0. The van der Waals surface area contributed by atoms with Crippen molar-refractivity contribution in [2.24, 2.45) is 5.73 Å². The lowest BCUT2D eigenvalue weighted by molar-refractivity contribution is -0.121. The number of carbonyl (C=O) groups excluding carboxylic acids is 4. The van der Waals surface area contributed by atoms with E-state index in [2.05, 4.69) is 0 Å². The van der Waals surface area contributed by atoms with Crippen LogP contribution in [0.3, 0.4) is 0 Å². The Hall–Kier alpha value is -3.68. The predicted molar refractivity (Wildman–Crippen MR) is 94.7 cm³/mol. The Labute approximate surface area is 154 Å². The van der Waals surface area contributed by atoms with Crippen LogP contribution in [0.25, 0.3) is 0 Å². The molecule has 0 aromatic heterocycles. The minimum absolute atomic E-state index is 0.0460. The molecule has 0 atom stereocenters. The van der Waals surface area contributed by atoms with Gasteiger partial charge in [-0.2, -0.15) is 0 Å². The van der Waals surface area contributed by atoms with Gasteiger partial charge in [-0.3, -0.25) is 14.4 Å². The topological polar surface area (TPSA) is 116 Å². The van der Waals surface area contributed by atoms with Crippen LogP contribution in [0.2, 0.25) is 0 Å². The molecule has 0 unspecified atom stereocenters. The van der Waals surface area contributed by atoms with Crippen LogP contribution < -0.4 is 15.4 Å². The lowest BCUT2D eigenvalue weighted by atomic mass is 10.1. The van der Waals surface area contributed by atoms with Crippen molar-refractivity contribution < 1.29 is 28.7 Å². The third-order valence-corrected chi connectivity index (χ3v) is 3.87. The lowest BCUT2D eigenvalue weighted by Crippen LogP contribution is -2.29. The van der Waals surface area contributed by atoms with Crippen LogP contribution in [0.15, 0.2) is 42.5 Å². The first-order chi connectivity index (χ1) is 12.9. The largest absolute Gasteiger partial charge is 0.494 e. The van der Waals surface area contributed by atoms with Crippen LogP contribution in [0.1, 0.15) is 38.0 Å². The van der Waals surface area contributed by atoms with Gasteiger partial charge in [-0.25, -0.2) is 9.69 Å². The number of nitrogens with zero attached hydrogens (tertiary/aromatic N) is 1. The highest BCUT2D eigenvalue weighted by molar-refractivity contribution is 6.34. The van der Waals surface area contributed by atoms with Gasteiger partial charge in [-0.1, -0.05) is 0 Å². The zero-order valence-corrected chi connectivity index (χ0v) is 14.4. The molecule has 1 aliphatic rings. The molecule has 0 saturated heterocycles. The molecule has 8 nitrogen and oxygen atoms in total. The number of amides is 3. The number of hydrogen-bond acceptors (Lipinski definition) is 6. The predicted octanol–water partition coefficient (Wildman–Crippen LogP) is 1.53. The summed E-state index contributed by atoms with van der Waals surface area (Å²) in [4.78, 5) is 49.0. The van der Waals surface area contributed by atoms with Gasteiger partial charge in [0.15, 0.2) is 6.61 Å². The van der Waals surface area contributed by atoms with Gasteiger partial charge in [0, 0.05) is 0 Å². The third-order valence-electron chi connectivity index (χ3n) is 3.87. The highest BCUT2D eigenvalue weighted by Gasteiger charge is 2.37. The molecule has 0 saturated carbocycles. The molecule has 2 aromatic carbocycles. The van der Waals surface area contributed by atoms with E-state index >= 15 is 0 Å². The molecule has 1 aliphatic heterocycles. The first-order valence-electron chi connectivity index (χ1n) is 8.13. The summed E-state index contributed by atoms with van der Waals surface area (Å²) in [5.41, 5.74) is 5.63. The van der Waals surface area contributed by atoms with Gasteiger partial charge in [0.05, 0.1) is 29.0 Å². The number of imide groups is 1. The van der Waals surface area contributed by atoms with E-state index in [0.29, 0.717) is 18.0 Å². The van der Waals surface area contributed by atoms with Crippen LogP contribution >= 0.6 is 0 Å². The summed E-state index contributed by atoms with van der Waals surface area (Å²) in [5, 5.41) is 0. The molecule has 0 spiro atoms. The zero-order chi connectivity index (χ0) is 19.6. The molecular formula is C19H16N2O6. The van der Waals surface area contributed by atoms with Gasteiger partial charge >= 0.3 is 5.97 Å². The SMILES string of the molecule is CCOc1ccc(N2C(=O)c3ccc(C(=O)OCC(N)=O)cc3C2=O)cc1. The van der Waals surface area contributed by atoms with Crippen molar-refractivity contribution in [2.75, 3.05) is 18.1 Å². The smallest absolute Gasteiger partial charge is 0.338 e. The van der Waals surface area contributed by atoms with E-state index in [1.807, 2.05) is 6.92 Å². The van der Waals surface area contributed by atoms with Crippen LogP contribution in [-0.2, 0) is 9.53 Å². The van der Waals surface area contributed by atoms with E-state index < -0.39 is 30.3 Å². The lowest BCUT2D eigenvalue weighted by Gasteiger charge is -2.14. The van der Waals surface area contributed by atoms with E-state index in [1.54, 1.807) is 24.3 Å². The van der Waals surface area contributed by atoms with Gasteiger partial charge in [0.25, 0.3) is 17.7 Å². The van der Waals surface area contributed by atoms with Crippen LogP contribution in [0.4, 0.5) is 5.69 Å². The van der Waals surface area contributed by atoms with Gasteiger partial charge in [-0.15, -0.1) is 0 Å². The van der Waals surface area contributed by atoms with E-state index in [4.69, 9.17) is 15.2 Å². The second-order valence-corrected chi connectivity index (χ2v) is 5.68. The van der Waals surface area contributed by atoms with E-state index in [1.165, 1.54) is 18.2 Å². The Morgan fingerprint density at radius 3 is 2.30 bits per heavy atom. The average Bonchev–Trinajstić information content (AvgIpc) is 2.91. The Morgan fingerprint density at radius 2 is 1.67 bits per heavy atom. The number of primary amides is 1. The zero-order valence-electron chi connectivity index (χ0n) is 14.4. The van der Waals surface area contributed by atoms with Crippen LogP contribution in [0, 0.1) is 0 Å². The van der Waals surface area contributed by atoms with Crippen molar-refractivity contribution in [1.29, 1.82) is 0 Å². The fourth-order valence-corrected chi connectivity index (χ4v) is 2.68. The fourth-order valence-electron chi connectivity index (χ4n) is 2.68. The fraction of sp³-hybridized carbons (Fsp3) is 0.158. The molecule has 3 rings (SSSR count). The molecular weight excluding hydrogens is 352 g/mol. The minimum atomic E-state index is -0.809. The molecule has 2 N–H and O–H groups in total. The van der Waals surface area contributed by atoms with Crippen molar-refractivity contribution in [3.63, 3.8) is 0 Å². The first-order valence-corrected chi connectivity index (χ1v) is 8.13. The Bertz CT molecular complexity index is 936. The Morgan fingerprint density at radius 1 is 1.00 bits per heavy atom. The molecule has 0 fully saturated rings. The standard InChI is InChI=1S/C19H16N2O6/c1-2-26-13-6-4-12(5-7-13)21-17(23)14-8-3-11(9-15(14)18(21)24)19(25)27-10-16(20)22/h3-9H,2,10H2,1H3,(H2,20,22). The van der Waals surface area contributed by atoms with Gasteiger partial charge in [-0.05, 0) is 49.4 Å². The van der Waals surface area contributed by atoms with Crippen molar-refractivity contribution in [3.8, 4) is 5.75 Å². The van der Waals surface area contributed by atoms with E-state index in [9.17, 15) is 19.2 Å². The van der Waals surface area contributed by atoms with Crippen molar-refractivity contribution in [2.45, 2.75) is 6.92 Å². The summed E-state index contributed by atoms with van der Waals surface area (Å²) in [6.45, 7) is 1.78. The Balaban J connectivity index is 1.86. The number of rotatable bonds is 6. The summed E-state index contributed by atoms with van der Waals surface area (Å²) in [6, 6.07) is 10.5. The third kappa shape index (κ3) is 3.50. The van der Waals surface area contributed by atoms with Gasteiger partial charge in [0.1, 0.15) is 5.75 Å². The second kappa shape index (κ2) is 7.28. The summed E-state index contributed by atoms with van der Waals surface area (Å²) < 4.78 is 10.1. The van der Waals surface area contributed by atoms with E-state index in [0.717, 1.165) is 4.90 Å². The number of anilines is 1. The van der Waals surface area contributed by atoms with Crippen LogP contribution in [-0.4, -0.2) is 36.9 Å². The summed E-state index contributed by atoms with van der Waals surface area (Å²) in [7, 11) is 0. The number of esters is 1. The van der Waals surface area contributed by atoms with Gasteiger partial charge < -0.3 is 15.2 Å². The monoisotopic (exact) mass is 368 g/mol. The maximum atomic E-state index is 12.7. The van der Waals surface area contributed by atoms with Crippen molar-refractivity contribution in [3.05, 3.63) is 59.2 Å². The number of benzene rings is 2. The maximum absolute atomic E-state index is 12.7. The molecule has 8 heteroatoms. The number of carbonyl (C=O) groups is 4. The second-order valence-electron chi connectivity index (χ2n) is 5.68. The first kappa shape index (κ1) is 18.1. The van der Waals surface area contributed by atoms with Gasteiger partial charge in [0.2, 0.25) is 0 Å². The molecule has 3 amide bonds. The minimum Gasteiger partial charge on any atom is -0.494 e. The normalized spacial score (nSPS) is 12.7. The van der Waals surface area contributed by atoms with Crippen molar-refractivity contribution >= 4 is 29.4 Å². The molecule has 0 aliphatic carbocycles. The number of fused-ring (bicyclic) bond motifs is 1. The van der Waals surface area contributed by atoms with Crippen molar-refractivity contribution in [1.82, 2.24) is 0 Å². The Kier molecular flexibility index (Phi) is 4.89. The van der Waals surface area contributed by atoms with Crippen LogP contribution in [0.5, 0.6) is 5.75 Å². The molecule has 27 heavy (non-hydrogen) atoms. The maximum Gasteiger partial charge on any atom is 0.338 e. The number of hydrogen-bond donors (Lipinski definition) is 1. The molecule has 0 radical (unpaired) electrons. The summed E-state index contributed by atoms with van der Waals surface area (Å²) in [5.74, 6) is -2.02.